The second kappa shape index (κ2) is 12.5. The first-order valence-electron chi connectivity index (χ1n) is 14.7. The van der Waals surface area contributed by atoms with Gasteiger partial charge in [-0.1, -0.05) is 48.5 Å². The van der Waals surface area contributed by atoms with Gasteiger partial charge in [-0.15, -0.1) is 0 Å². The molecule has 44 heavy (non-hydrogen) atoms. The molecule has 3 atom stereocenters. The van der Waals surface area contributed by atoms with Gasteiger partial charge in [-0.05, 0) is 67.0 Å². The Bertz CT molecular complexity index is 1710. The first-order valence-corrected chi connectivity index (χ1v) is 16.1. The maximum absolute atomic E-state index is 16.0. The lowest BCUT2D eigenvalue weighted by Crippen LogP contribution is -2.47. The molecule has 1 aliphatic carbocycles. The van der Waals surface area contributed by atoms with Crippen LogP contribution in [0.5, 0.6) is 5.75 Å². The monoisotopic (exact) mass is 619 g/mol. The van der Waals surface area contributed by atoms with Gasteiger partial charge in [-0.2, -0.15) is 12.8 Å². The topological polar surface area (TPSA) is 87.7 Å². The third-order valence-corrected chi connectivity index (χ3v) is 10.4. The van der Waals surface area contributed by atoms with E-state index in [1.807, 2.05) is 6.07 Å². The first kappa shape index (κ1) is 30.0. The van der Waals surface area contributed by atoms with Crippen LogP contribution < -0.4 is 14.4 Å². The highest BCUT2D eigenvalue weighted by molar-refractivity contribution is 7.92. The van der Waals surface area contributed by atoms with Crippen LogP contribution in [0.25, 0.3) is 0 Å². The van der Waals surface area contributed by atoms with Crippen molar-refractivity contribution in [2.24, 2.45) is 11.8 Å². The Labute approximate surface area is 256 Å². The number of hydrogen-bond donors (Lipinski definition) is 1. The summed E-state index contributed by atoms with van der Waals surface area (Å²) in [6.07, 6.45) is 3.55. The Kier molecular flexibility index (Phi) is 8.50. The minimum absolute atomic E-state index is 0.146. The van der Waals surface area contributed by atoms with E-state index in [4.69, 9.17) is 4.74 Å². The van der Waals surface area contributed by atoms with Gasteiger partial charge >= 0.3 is 0 Å². The maximum atomic E-state index is 16.0. The molecule has 2 bridgehead atoms. The van der Waals surface area contributed by atoms with E-state index in [1.54, 1.807) is 31.2 Å². The van der Waals surface area contributed by atoms with Gasteiger partial charge in [0.2, 0.25) is 11.0 Å². The van der Waals surface area contributed by atoms with E-state index in [-0.39, 0.29) is 24.0 Å². The van der Waals surface area contributed by atoms with Crippen molar-refractivity contribution in [2.75, 3.05) is 29.8 Å². The first-order chi connectivity index (χ1) is 21.2. The van der Waals surface area contributed by atoms with Crippen molar-refractivity contribution in [3.8, 4) is 5.75 Å². The molecule has 0 spiro atoms. The Balaban J connectivity index is 1.24. The number of pyridine rings is 2. The third-order valence-electron chi connectivity index (χ3n) is 8.69. The summed E-state index contributed by atoms with van der Waals surface area (Å²) in [5, 5.41) is 2.79. The number of fused-ring (bicyclic) bond motifs is 2. The van der Waals surface area contributed by atoms with Crippen LogP contribution in [-0.4, -0.2) is 49.5 Å². The summed E-state index contributed by atoms with van der Waals surface area (Å²) < 4.78 is 64.1. The van der Waals surface area contributed by atoms with Crippen LogP contribution in [0, 0.1) is 30.5 Å². The van der Waals surface area contributed by atoms with Crippen molar-refractivity contribution < 1.29 is 21.9 Å². The summed E-state index contributed by atoms with van der Waals surface area (Å²) in [6, 6.07) is 21.1. The second-order valence-electron chi connectivity index (χ2n) is 11.5. The number of halogens is 2. The standard InChI is InChI=1S/C33H35F2N5O3S/c1-22-28(37-32-25-13-14-26(32)21-39(20-25)18-23-7-4-3-5-8-23)17-36-33(31(22)35)44(41,42)40(30-10-6-9-29(34)38-30)19-24-11-15-27(43-2)16-12-24/h3-12,15-17,25-26,32,37H,13-14,18-21H2,1-2H3/t25-,26+,32?. The number of nitrogens with zero attached hydrogens (tertiary/aromatic N) is 4. The fourth-order valence-corrected chi connectivity index (χ4v) is 7.85. The van der Waals surface area contributed by atoms with Crippen molar-refractivity contribution in [1.82, 2.24) is 14.9 Å². The van der Waals surface area contributed by atoms with Crippen LogP contribution >= 0.6 is 0 Å². The SMILES string of the molecule is COc1ccc(CN(c2cccc(F)n2)S(=O)(=O)c2ncc(NC3[C@@H]4CC[C@H]3CN(Cc3ccccc3)C4)c(C)c2F)cc1. The number of methoxy groups -OCH3 is 1. The quantitative estimate of drug-likeness (QED) is 0.225. The lowest BCUT2D eigenvalue weighted by Gasteiger charge is -2.39. The number of aromatic nitrogens is 2. The van der Waals surface area contributed by atoms with E-state index >= 15 is 4.39 Å². The molecule has 1 saturated heterocycles. The minimum Gasteiger partial charge on any atom is -0.497 e. The van der Waals surface area contributed by atoms with E-state index in [0.29, 0.717) is 28.8 Å². The Morgan fingerprint density at radius 3 is 2.32 bits per heavy atom. The Morgan fingerprint density at radius 1 is 0.955 bits per heavy atom. The lowest BCUT2D eigenvalue weighted by molar-refractivity contribution is 0.148. The summed E-state index contributed by atoms with van der Waals surface area (Å²) in [7, 11) is -3.06. The molecule has 2 aromatic heterocycles. The zero-order chi connectivity index (χ0) is 30.8. The summed E-state index contributed by atoms with van der Waals surface area (Å²) in [5.74, 6) is -0.606. The van der Waals surface area contributed by atoms with Crippen LogP contribution in [0.1, 0.15) is 29.5 Å². The normalized spacial score (nSPS) is 20.0. The van der Waals surface area contributed by atoms with Crippen LogP contribution in [0.2, 0.25) is 0 Å². The molecule has 0 amide bonds. The van der Waals surface area contributed by atoms with Crippen molar-refractivity contribution in [3.63, 3.8) is 0 Å². The summed E-state index contributed by atoms with van der Waals surface area (Å²) in [4.78, 5) is 10.4. The molecule has 2 aromatic carbocycles. The van der Waals surface area contributed by atoms with Crippen molar-refractivity contribution >= 4 is 21.5 Å². The molecule has 0 radical (unpaired) electrons. The number of likely N-dealkylation sites (tertiary alicyclic amines) is 1. The van der Waals surface area contributed by atoms with Gasteiger partial charge in [-0.3, -0.25) is 4.90 Å². The average Bonchev–Trinajstić information content (AvgIpc) is 3.25. The highest BCUT2D eigenvalue weighted by Crippen LogP contribution is 2.40. The van der Waals surface area contributed by atoms with Crippen molar-refractivity contribution in [1.29, 1.82) is 0 Å². The fraction of sp³-hybridized carbons (Fsp3) is 0.333. The van der Waals surface area contributed by atoms with E-state index in [1.165, 1.54) is 31.0 Å². The van der Waals surface area contributed by atoms with E-state index in [0.717, 1.165) is 42.8 Å². The molecule has 1 unspecified atom stereocenters. The van der Waals surface area contributed by atoms with Crippen molar-refractivity contribution in [2.45, 2.75) is 43.9 Å². The second-order valence-corrected chi connectivity index (χ2v) is 13.3. The van der Waals surface area contributed by atoms with Crippen LogP contribution in [0.15, 0.2) is 84.0 Å². The van der Waals surface area contributed by atoms with E-state index in [9.17, 15) is 12.8 Å². The number of hydrogen-bond acceptors (Lipinski definition) is 7. The fourth-order valence-electron chi connectivity index (χ4n) is 6.41. The van der Waals surface area contributed by atoms with Gasteiger partial charge in [0.1, 0.15) is 11.6 Å². The van der Waals surface area contributed by atoms with Crippen LogP contribution in [0.3, 0.4) is 0 Å². The van der Waals surface area contributed by atoms with Gasteiger partial charge in [0.05, 0.1) is 25.5 Å². The Hall–Kier alpha value is -4.09. The number of benzene rings is 2. The molecule has 2 fully saturated rings. The molecule has 8 nitrogen and oxygen atoms in total. The van der Waals surface area contributed by atoms with Gasteiger partial charge in [0, 0.05) is 31.2 Å². The van der Waals surface area contributed by atoms with Crippen LogP contribution in [-0.2, 0) is 23.1 Å². The predicted molar refractivity (Wildman–Crippen MR) is 165 cm³/mol. The number of anilines is 2. The molecular formula is C33H35F2N5O3S. The van der Waals surface area contributed by atoms with Crippen LogP contribution in [0.4, 0.5) is 20.3 Å². The molecule has 1 aliphatic heterocycles. The minimum atomic E-state index is -4.58. The molecule has 230 valence electrons. The average molecular weight is 620 g/mol. The molecule has 1 saturated carbocycles. The summed E-state index contributed by atoms with van der Waals surface area (Å²) in [6.45, 7) is 4.11. The van der Waals surface area contributed by atoms with Gasteiger partial charge < -0.3 is 10.1 Å². The molecule has 4 aromatic rings. The number of sulfonamides is 1. The zero-order valence-corrected chi connectivity index (χ0v) is 25.5. The van der Waals surface area contributed by atoms with Gasteiger partial charge in [0.25, 0.3) is 10.0 Å². The molecular weight excluding hydrogens is 584 g/mol. The molecule has 1 N–H and O–H groups in total. The zero-order valence-electron chi connectivity index (χ0n) is 24.7. The van der Waals surface area contributed by atoms with Gasteiger partial charge in [-0.25, -0.2) is 18.7 Å². The number of ether oxygens (including phenoxy) is 1. The highest BCUT2D eigenvalue weighted by Gasteiger charge is 2.42. The maximum Gasteiger partial charge on any atom is 0.286 e. The molecule has 11 heteroatoms. The number of piperidine rings is 1. The number of nitrogens with one attached hydrogen (secondary N) is 1. The lowest BCUT2D eigenvalue weighted by atomic mass is 9.91. The Morgan fingerprint density at radius 2 is 1.66 bits per heavy atom. The largest absolute Gasteiger partial charge is 0.497 e. The smallest absolute Gasteiger partial charge is 0.286 e. The molecule has 3 heterocycles. The molecule has 6 rings (SSSR count). The van der Waals surface area contributed by atoms with Gasteiger partial charge in [0.15, 0.2) is 5.82 Å². The number of rotatable bonds is 10. The van der Waals surface area contributed by atoms with E-state index < -0.39 is 26.8 Å². The molecule has 2 aliphatic rings. The summed E-state index contributed by atoms with van der Waals surface area (Å²) in [5.41, 5.74) is 2.50. The third kappa shape index (κ3) is 6.11. The van der Waals surface area contributed by atoms with E-state index in [2.05, 4.69) is 44.5 Å². The highest BCUT2D eigenvalue weighted by atomic mass is 32.2. The van der Waals surface area contributed by atoms with Crippen molar-refractivity contribution in [3.05, 3.63) is 107 Å². The summed E-state index contributed by atoms with van der Waals surface area (Å²) >= 11 is 0. The predicted octanol–water partition coefficient (Wildman–Crippen LogP) is 5.79.